The molecule has 2 aliphatic rings. The first-order valence-electron chi connectivity index (χ1n) is 4.28. The molecule has 0 aliphatic carbocycles. The molecule has 13 heavy (non-hydrogen) atoms. The van der Waals surface area contributed by atoms with Gasteiger partial charge in [0, 0.05) is 14.2 Å². The van der Waals surface area contributed by atoms with E-state index >= 15 is 0 Å². The molecule has 0 radical (unpaired) electrons. The summed E-state index contributed by atoms with van der Waals surface area (Å²) >= 11 is 0. The minimum atomic E-state index is -0.917. The van der Waals surface area contributed by atoms with Gasteiger partial charge in [0.1, 0.15) is 24.4 Å². The Morgan fingerprint density at radius 1 is 1.23 bits per heavy atom. The van der Waals surface area contributed by atoms with Crippen LogP contribution in [-0.2, 0) is 18.9 Å². The summed E-state index contributed by atoms with van der Waals surface area (Å²) in [4.78, 5) is 0. The topological polar surface area (TPSA) is 57.2 Å². The van der Waals surface area contributed by atoms with Crippen LogP contribution in [0.25, 0.3) is 0 Å². The summed E-state index contributed by atoms with van der Waals surface area (Å²) in [6.45, 7) is 0.526. The van der Waals surface area contributed by atoms with Gasteiger partial charge in [-0.15, -0.1) is 0 Å². The predicted molar refractivity (Wildman–Crippen MR) is 42.2 cm³/mol. The lowest BCUT2D eigenvalue weighted by Gasteiger charge is -2.49. The first kappa shape index (κ1) is 9.36. The number of fused-ring (bicyclic) bond motifs is 1. The van der Waals surface area contributed by atoms with Crippen LogP contribution in [0.5, 0.6) is 0 Å². The Balaban J connectivity index is 2.08. The van der Waals surface area contributed by atoms with Crippen LogP contribution in [0, 0.1) is 0 Å². The molecule has 2 saturated heterocycles. The van der Waals surface area contributed by atoms with Crippen molar-refractivity contribution in [2.45, 2.75) is 30.7 Å². The molecule has 2 aliphatic heterocycles. The Hall–Kier alpha value is -0.200. The van der Waals surface area contributed by atoms with E-state index in [2.05, 4.69) is 0 Å². The van der Waals surface area contributed by atoms with Crippen LogP contribution < -0.4 is 0 Å². The molecule has 0 aromatic carbocycles. The Bertz CT molecular complexity index is 185. The number of rotatable bonds is 2. The zero-order valence-electron chi connectivity index (χ0n) is 7.67. The molecule has 5 nitrogen and oxygen atoms in total. The van der Waals surface area contributed by atoms with Crippen LogP contribution in [0.2, 0.25) is 0 Å². The van der Waals surface area contributed by atoms with Crippen molar-refractivity contribution in [1.82, 2.24) is 0 Å². The quantitative estimate of drug-likeness (QED) is 0.613. The highest BCUT2D eigenvalue weighted by molar-refractivity contribution is 4.96. The number of aliphatic hydroxyl groups excluding tert-OH is 1. The molecule has 2 rings (SSSR count). The molecule has 0 aromatic heterocycles. The summed E-state index contributed by atoms with van der Waals surface area (Å²) in [6.07, 6.45) is -1.77. The van der Waals surface area contributed by atoms with Gasteiger partial charge in [0.25, 0.3) is 0 Å². The minimum absolute atomic E-state index is 0.0497. The Morgan fingerprint density at radius 2 is 1.92 bits per heavy atom. The van der Waals surface area contributed by atoms with Gasteiger partial charge in [0.15, 0.2) is 6.29 Å². The van der Waals surface area contributed by atoms with E-state index in [0.717, 1.165) is 0 Å². The molecule has 1 N–H and O–H groups in total. The largest absolute Gasteiger partial charge is 0.376 e. The van der Waals surface area contributed by atoms with Crippen molar-refractivity contribution in [3.8, 4) is 0 Å². The molecule has 0 unspecified atom stereocenters. The molecule has 0 bridgehead atoms. The van der Waals surface area contributed by atoms with E-state index in [9.17, 15) is 5.11 Å². The van der Waals surface area contributed by atoms with Gasteiger partial charge in [-0.05, 0) is 0 Å². The molecule has 2 heterocycles. The zero-order valence-corrected chi connectivity index (χ0v) is 7.67. The molecule has 0 saturated carbocycles. The average molecular weight is 190 g/mol. The SMILES string of the molecule is CO[C@@H]1[C@@H](OC)[C@@H](O)O[C@@H]2CO[C@H]12. The monoisotopic (exact) mass is 190 g/mol. The van der Waals surface area contributed by atoms with E-state index in [0.29, 0.717) is 6.61 Å². The van der Waals surface area contributed by atoms with Crippen molar-refractivity contribution in [2.75, 3.05) is 20.8 Å². The summed E-state index contributed by atoms with van der Waals surface area (Å²) in [7, 11) is 3.09. The zero-order chi connectivity index (χ0) is 9.42. The van der Waals surface area contributed by atoms with Crippen molar-refractivity contribution in [3.05, 3.63) is 0 Å². The summed E-state index contributed by atoms with van der Waals surface area (Å²) in [5, 5.41) is 9.51. The van der Waals surface area contributed by atoms with E-state index in [1.54, 1.807) is 7.11 Å². The third-order valence-electron chi connectivity index (χ3n) is 2.61. The van der Waals surface area contributed by atoms with Gasteiger partial charge in [-0.1, -0.05) is 0 Å². The van der Waals surface area contributed by atoms with Crippen LogP contribution >= 0.6 is 0 Å². The van der Waals surface area contributed by atoms with Gasteiger partial charge in [-0.25, -0.2) is 0 Å². The van der Waals surface area contributed by atoms with Crippen LogP contribution in [0.1, 0.15) is 0 Å². The number of ether oxygens (including phenoxy) is 4. The molecule has 5 atom stereocenters. The lowest BCUT2D eigenvalue weighted by atomic mass is 9.95. The fraction of sp³-hybridized carbons (Fsp3) is 1.00. The van der Waals surface area contributed by atoms with Gasteiger partial charge in [-0.2, -0.15) is 0 Å². The Kier molecular flexibility index (Phi) is 2.53. The number of hydrogen-bond donors (Lipinski definition) is 1. The second-order valence-corrected chi connectivity index (χ2v) is 3.26. The highest BCUT2D eigenvalue weighted by Crippen LogP contribution is 2.31. The molecule has 5 heteroatoms. The molecular weight excluding hydrogens is 176 g/mol. The van der Waals surface area contributed by atoms with Gasteiger partial charge in [0.2, 0.25) is 0 Å². The van der Waals surface area contributed by atoms with Crippen molar-refractivity contribution in [2.24, 2.45) is 0 Å². The second-order valence-electron chi connectivity index (χ2n) is 3.26. The van der Waals surface area contributed by atoms with Crippen LogP contribution in [0.15, 0.2) is 0 Å². The van der Waals surface area contributed by atoms with Crippen molar-refractivity contribution in [3.63, 3.8) is 0 Å². The highest BCUT2D eigenvalue weighted by Gasteiger charge is 2.51. The van der Waals surface area contributed by atoms with E-state index in [-0.39, 0.29) is 18.3 Å². The predicted octanol–water partition coefficient (Wildman–Crippen LogP) is -0.868. The minimum Gasteiger partial charge on any atom is -0.376 e. The maximum absolute atomic E-state index is 9.51. The van der Waals surface area contributed by atoms with Gasteiger partial charge in [-0.3, -0.25) is 0 Å². The fourth-order valence-corrected chi connectivity index (χ4v) is 1.83. The number of aliphatic hydroxyl groups is 1. The molecule has 2 fully saturated rings. The van der Waals surface area contributed by atoms with Crippen LogP contribution in [-0.4, -0.2) is 56.6 Å². The van der Waals surface area contributed by atoms with Gasteiger partial charge < -0.3 is 24.1 Å². The molecule has 76 valence electrons. The summed E-state index contributed by atoms with van der Waals surface area (Å²) in [5.74, 6) is 0. The van der Waals surface area contributed by atoms with Crippen LogP contribution in [0.3, 0.4) is 0 Å². The normalized spacial score (nSPS) is 49.6. The number of hydrogen-bond acceptors (Lipinski definition) is 5. The van der Waals surface area contributed by atoms with Crippen molar-refractivity contribution < 1.29 is 24.1 Å². The molecule has 0 amide bonds. The maximum Gasteiger partial charge on any atom is 0.184 e. The highest BCUT2D eigenvalue weighted by atomic mass is 16.7. The van der Waals surface area contributed by atoms with Crippen LogP contribution in [0.4, 0.5) is 0 Å². The lowest BCUT2D eigenvalue weighted by molar-refractivity contribution is -0.347. The smallest absolute Gasteiger partial charge is 0.184 e. The Morgan fingerprint density at radius 3 is 2.38 bits per heavy atom. The molecule has 0 spiro atoms. The van der Waals surface area contributed by atoms with E-state index in [1.165, 1.54) is 7.11 Å². The average Bonchev–Trinajstić information content (AvgIpc) is 2.10. The third kappa shape index (κ3) is 1.37. The fourth-order valence-electron chi connectivity index (χ4n) is 1.83. The Labute approximate surface area is 76.5 Å². The molecule has 0 aromatic rings. The van der Waals surface area contributed by atoms with E-state index in [4.69, 9.17) is 18.9 Å². The summed E-state index contributed by atoms with van der Waals surface area (Å²) < 4.78 is 20.8. The van der Waals surface area contributed by atoms with Crippen molar-refractivity contribution >= 4 is 0 Å². The first-order chi connectivity index (χ1) is 6.27. The maximum atomic E-state index is 9.51. The number of methoxy groups -OCH3 is 2. The summed E-state index contributed by atoms with van der Waals surface area (Å²) in [6, 6.07) is 0. The standard InChI is InChI=1S/C8H14O5/c1-10-6-5-4(3-12-5)13-8(9)7(6)11-2/h4-9H,3H2,1-2H3/t4-,5+,6+,7-,8+/m1/s1. The van der Waals surface area contributed by atoms with Gasteiger partial charge >= 0.3 is 0 Å². The second kappa shape index (κ2) is 3.51. The lowest BCUT2D eigenvalue weighted by Crippen LogP contribution is -2.66. The van der Waals surface area contributed by atoms with E-state index in [1.807, 2.05) is 0 Å². The van der Waals surface area contributed by atoms with E-state index < -0.39 is 12.4 Å². The third-order valence-corrected chi connectivity index (χ3v) is 2.61. The summed E-state index contributed by atoms with van der Waals surface area (Å²) in [5.41, 5.74) is 0. The molecular formula is C8H14O5. The van der Waals surface area contributed by atoms with Gasteiger partial charge in [0.05, 0.1) is 6.61 Å². The van der Waals surface area contributed by atoms with Crippen molar-refractivity contribution in [1.29, 1.82) is 0 Å². The first-order valence-corrected chi connectivity index (χ1v) is 4.28.